The van der Waals surface area contributed by atoms with Crippen molar-refractivity contribution in [2.24, 2.45) is 0 Å². The molecule has 0 spiro atoms. The van der Waals surface area contributed by atoms with Gasteiger partial charge in [0.05, 0.1) is 0 Å². The molecule has 1 aliphatic carbocycles. The zero-order chi connectivity index (χ0) is 14.2. The molecule has 1 atom stereocenters. The quantitative estimate of drug-likeness (QED) is 0.588. The molecule has 0 fully saturated rings. The standard InChI is InChI=1S/C19H14OS/c20-12-13-6-1-2-7-14(13)15-9-5-11-18-19(15)16-8-3-4-10-17(16)21-18/h1-8,10-12,15H,9H2. The van der Waals surface area contributed by atoms with Crippen LogP contribution in [-0.4, -0.2) is 6.29 Å². The van der Waals surface area contributed by atoms with E-state index in [9.17, 15) is 4.79 Å². The molecular weight excluding hydrogens is 276 g/mol. The molecular formula is C19H14OS. The fourth-order valence-electron chi connectivity index (χ4n) is 3.21. The van der Waals surface area contributed by atoms with Crippen LogP contribution in [0.5, 0.6) is 0 Å². The lowest BCUT2D eigenvalue weighted by molar-refractivity contribution is 0.112. The monoisotopic (exact) mass is 290 g/mol. The molecule has 0 radical (unpaired) electrons. The fraction of sp³-hybridized carbons (Fsp3) is 0.105. The zero-order valence-electron chi connectivity index (χ0n) is 11.5. The third kappa shape index (κ3) is 1.95. The van der Waals surface area contributed by atoms with Gasteiger partial charge in [0.2, 0.25) is 0 Å². The minimum atomic E-state index is 0.280. The van der Waals surface area contributed by atoms with Gasteiger partial charge in [-0.15, -0.1) is 11.3 Å². The van der Waals surface area contributed by atoms with Crippen LogP contribution in [0, 0.1) is 0 Å². The number of rotatable bonds is 2. The minimum Gasteiger partial charge on any atom is -0.298 e. The topological polar surface area (TPSA) is 17.1 Å². The number of benzene rings is 2. The first-order valence-electron chi connectivity index (χ1n) is 7.10. The van der Waals surface area contributed by atoms with Crippen LogP contribution >= 0.6 is 11.3 Å². The lowest BCUT2D eigenvalue weighted by Gasteiger charge is -2.21. The molecule has 1 heterocycles. The Morgan fingerprint density at radius 2 is 1.86 bits per heavy atom. The van der Waals surface area contributed by atoms with Crippen LogP contribution in [0.3, 0.4) is 0 Å². The second-order valence-electron chi connectivity index (χ2n) is 5.31. The Labute approximate surface area is 127 Å². The molecule has 0 aliphatic heterocycles. The molecule has 102 valence electrons. The molecule has 1 aromatic heterocycles. The van der Waals surface area contributed by atoms with E-state index >= 15 is 0 Å². The molecule has 0 bridgehead atoms. The molecule has 3 aromatic rings. The van der Waals surface area contributed by atoms with Gasteiger partial charge in [0, 0.05) is 21.1 Å². The summed E-state index contributed by atoms with van der Waals surface area (Å²) < 4.78 is 1.32. The van der Waals surface area contributed by atoms with Crippen molar-refractivity contribution < 1.29 is 4.79 Å². The largest absolute Gasteiger partial charge is 0.298 e. The van der Waals surface area contributed by atoms with Crippen LogP contribution in [0.25, 0.3) is 16.2 Å². The van der Waals surface area contributed by atoms with Crippen molar-refractivity contribution >= 4 is 33.8 Å². The molecule has 1 nitrogen and oxygen atoms in total. The van der Waals surface area contributed by atoms with Gasteiger partial charge in [-0.1, -0.05) is 48.5 Å². The van der Waals surface area contributed by atoms with Gasteiger partial charge in [-0.25, -0.2) is 0 Å². The highest BCUT2D eigenvalue weighted by molar-refractivity contribution is 7.20. The van der Waals surface area contributed by atoms with E-state index in [-0.39, 0.29) is 5.92 Å². The predicted molar refractivity (Wildman–Crippen MR) is 89.1 cm³/mol. The van der Waals surface area contributed by atoms with E-state index in [0.29, 0.717) is 0 Å². The molecule has 2 heteroatoms. The van der Waals surface area contributed by atoms with Crippen molar-refractivity contribution in [1.82, 2.24) is 0 Å². The van der Waals surface area contributed by atoms with Gasteiger partial charge in [0.15, 0.2) is 0 Å². The van der Waals surface area contributed by atoms with Gasteiger partial charge in [0.25, 0.3) is 0 Å². The molecule has 4 rings (SSSR count). The lowest BCUT2D eigenvalue weighted by Crippen LogP contribution is -2.06. The molecule has 1 unspecified atom stereocenters. The van der Waals surface area contributed by atoms with Gasteiger partial charge < -0.3 is 0 Å². The average molecular weight is 290 g/mol. The zero-order valence-corrected chi connectivity index (χ0v) is 12.3. The summed E-state index contributed by atoms with van der Waals surface area (Å²) in [6.07, 6.45) is 6.38. The number of fused-ring (bicyclic) bond motifs is 3. The maximum absolute atomic E-state index is 11.4. The van der Waals surface area contributed by atoms with Crippen LogP contribution in [0.2, 0.25) is 0 Å². The van der Waals surface area contributed by atoms with Crippen molar-refractivity contribution in [2.45, 2.75) is 12.3 Å². The smallest absolute Gasteiger partial charge is 0.150 e. The van der Waals surface area contributed by atoms with Gasteiger partial charge in [-0.05, 0) is 35.1 Å². The third-order valence-corrected chi connectivity index (χ3v) is 5.30. The summed E-state index contributed by atoms with van der Waals surface area (Å²) in [5.41, 5.74) is 3.33. The molecule has 2 aromatic carbocycles. The molecule has 1 aliphatic rings. The molecule has 0 saturated carbocycles. The summed E-state index contributed by atoms with van der Waals surface area (Å²) in [4.78, 5) is 12.7. The third-order valence-electron chi connectivity index (χ3n) is 4.15. The van der Waals surface area contributed by atoms with E-state index in [4.69, 9.17) is 0 Å². The van der Waals surface area contributed by atoms with E-state index in [1.54, 1.807) is 0 Å². The van der Waals surface area contributed by atoms with Crippen molar-refractivity contribution in [1.29, 1.82) is 0 Å². The van der Waals surface area contributed by atoms with E-state index in [0.717, 1.165) is 23.8 Å². The van der Waals surface area contributed by atoms with E-state index < -0.39 is 0 Å². The van der Waals surface area contributed by atoms with Crippen LogP contribution in [-0.2, 0) is 0 Å². The number of hydrogen-bond donors (Lipinski definition) is 0. The van der Waals surface area contributed by atoms with E-state index in [1.807, 2.05) is 29.5 Å². The summed E-state index contributed by atoms with van der Waals surface area (Å²) in [6.45, 7) is 0. The maximum Gasteiger partial charge on any atom is 0.150 e. The van der Waals surface area contributed by atoms with Crippen LogP contribution in [0.4, 0.5) is 0 Å². The SMILES string of the molecule is O=Cc1ccccc1C1CC=Cc2sc3ccccc3c21. The first-order chi connectivity index (χ1) is 10.4. The van der Waals surface area contributed by atoms with Crippen molar-refractivity contribution in [3.63, 3.8) is 0 Å². The van der Waals surface area contributed by atoms with Gasteiger partial charge >= 0.3 is 0 Å². The highest BCUT2D eigenvalue weighted by Crippen LogP contribution is 2.44. The maximum atomic E-state index is 11.4. The molecule has 0 saturated heterocycles. The Kier molecular flexibility index (Phi) is 2.97. The van der Waals surface area contributed by atoms with Gasteiger partial charge in [0.1, 0.15) is 6.29 Å². The van der Waals surface area contributed by atoms with Crippen molar-refractivity contribution in [3.05, 3.63) is 76.2 Å². The van der Waals surface area contributed by atoms with Crippen LogP contribution in [0.15, 0.2) is 54.6 Å². The first-order valence-corrected chi connectivity index (χ1v) is 7.92. The highest BCUT2D eigenvalue weighted by atomic mass is 32.1. The minimum absolute atomic E-state index is 0.280. The Morgan fingerprint density at radius 1 is 1.05 bits per heavy atom. The van der Waals surface area contributed by atoms with Crippen molar-refractivity contribution in [3.8, 4) is 0 Å². The predicted octanol–water partition coefficient (Wildman–Crippen LogP) is 5.26. The molecule has 0 N–H and O–H groups in total. The highest BCUT2D eigenvalue weighted by Gasteiger charge is 2.24. The van der Waals surface area contributed by atoms with Crippen molar-refractivity contribution in [2.75, 3.05) is 0 Å². The average Bonchev–Trinajstić information content (AvgIpc) is 2.93. The summed E-state index contributed by atoms with van der Waals surface area (Å²) in [7, 11) is 0. The summed E-state index contributed by atoms with van der Waals surface area (Å²) in [5, 5.41) is 1.33. The molecule has 0 amide bonds. The van der Waals surface area contributed by atoms with Crippen LogP contribution < -0.4 is 0 Å². The Bertz CT molecular complexity index is 857. The summed E-state index contributed by atoms with van der Waals surface area (Å²) in [5.74, 6) is 0.280. The second kappa shape index (κ2) is 4.97. The number of allylic oxidation sites excluding steroid dienone is 1. The van der Waals surface area contributed by atoms with E-state index in [2.05, 4.69) is 42.5 Å². The Hall–Kier alpha value is -2.19. The first kappa shape index (κ1) is 12.5. The number of hydrogen-bond acceptors (Lipinski definition) is 2. The number of carbonyl (C=O) groups excluding carboxylic acids is 1. The Morgan fingerprint density at radius 3 is 2.76 bits per heavy atom. The second-order valence-corrected chi connectivity index (χ2v) is 6.40. The molecule has 21 heavy (non-hydrogen) atoms. The number of carbonyl (C=O) groups is 1. The normalized spacial score (nSPS) is 16.9. The van der Waals surface area contributed by atoms with E-state index in [1.165, 1.54) is 20.5 Å². The Balaban J connectivity index is 1.98. The van der Waals surface area contributed by atoms with Gasteiger partial charge in [-0.2, -0.15) is 0 Å². The summed E-state index contributed by atoms with van der Waals surface area (Å²) in [6, 6.07) is 16.5. The fourth-order valence-corrected chi connectivity index (χ4v) is 4.41. The summed E-state index contributed by atoms with van der Waals surface area (Å²) >= 11 is 1.84. The van der Waals surface area contributed by atoms with Crippen LogP contribution in [0.1, 0.15) is 38.7 Å². The lowest BCUT2D eigenvalue weighted by atomic mass is 9.82. The van der Waals surface area contributed by atoms with Gasteiger partial charge in [-0.3, -0.25) is 4.79 Å². The number of aldehydes is 1. The number of thiophene rings is 1.